The lowest BCUT2D eigenvalue weighted by Crippen LogP contribution is -2.36. The summed E-state index contributed by atoms with van der Waals surface area (Å²) in [4.78, 5) is 0. The van der Waals surface area contributed by atoms with Crippen LogP contribution in [0.4, 0.5) is 0 Å². The summed E-state index contributed by atoms with van der Waals surface area (Å²) in [6.45, 7) is 2.65. The number of rotatable bonds is 1. The van der Waals surface area contributed by atoms with Gasteiger partial charge in [0.25, 0.3) is 0 Å². The van der Waals surface area contributed by atoms with Gasteiger partial charge in [-0.1, -0.05) is 0 Å². The Morgan fingerprint density at radius 1 is 1.82 bits per heavy atom. The van der Waals surface area contributed by atoms with E-state index >= 15 is 0 Å². The summed E-state index contributed by atoms with van der Waals surface area (Å²) in [5.41, 5.74) is -0.508. The largest absolute Gasteiger partial charge is 0.370 e. The van der Waals surface area contributed by atoms with Gasteiger partial charge in [0.15, 0.2) is 0 Å². The van der Waals surface area contributed by atoms with Gasteiger partial charge in [-0.15, -0.1) is 0 Å². The van der Waals surface area contributed by atoms with Crippen LogP contribution in [0.1, 0.15) is 15.2 Å². The molecule has 3 unspecified atom stereocenters. The minimum Gasteiger partial charge on any atom is -0.370 e. The first kappa shape index (κ1) is 6.79. The monoisotopic (exact) mass is 177 g/mol. The lowest BCUT2D eigenvalue weighted by molar-refractivity contribution is -0.129. The van der Waals surface area contributed by atoms with Crippen LogP contribution in [0.5, 0.6) is 0 Å². The Hall–Kier alpha value is 0.310. The second-order valence-corrected chi connectivity index (χ2v) is 3.49. The predicted molar refractivity (Wildman–Crippen MR) is 43.3 cm³/mol. The van der Waals surface area contributed by atoms with Crippen LogP contribution in [-0.2, 0) is 14.0 Å². The molecular formula is C7H13O3P. The average Bonchev–Trinajstić information content (AvgIpc) is 2.56. The van der Waals surface area contributed by atoms with Crippen molar-refractivity contribution in [2.24, 2.45) is 0 Å². The molecule has 4 heteroatoms. The number of fused-ring (bicyclic) bond motifs is 2. The van der Waals surface area contributed by atoms with Crippen LogP contribution >= 0.6 is 9.47 Å². The zero-order chi connectivity index (χ0) is 8.77. The zero-order valence-corrected chi connectivity index (χ0v) is 7.60. The maximum Gasteiger partial charge on any atom is 0.121 e. The van der Waals surface area contributed by atoms with Crippen LogP contribution < -0.4 is 0 Å². The maximum absolute atomic E-state index is 7.40. The van der Waals surface area contributed by atoms with Crippen molar-refractivity contribution >= 4 is 9.47 Å². The topological polar surface area (TPSA) is 27.7 Å². The lowest BCUT2D eigenvalue weighted by atomic mass is 10.0. The molecule has 0 aliphatic carbocycles. The summed E-state index contributed by atoms with van der Waals surface area (Å²) in [5, 5.41) is 0. The fraction of sp³-hybridized carbons (Fsp3) is 1.00. The van der Waals surface area contributed by atoms with Gasteiger partial charge in [-0.05, 0) is 13.8 Å². The molecule has 0 aromatic rings. The van der Waals surface area contributed by atoms with E-state index in [9.17, 15) is 0 Å². The number of hydrogen-bond donors (Lipinski definition) is 0. The molecule has 2 saturated heterocycles. The molecule has 0 aromatic heterocycles. The third kappa shape index (κ3) is 0.955. The third-order valence-electron chi connectivity index (χ3n) is 2.37. The normalized spacial score (nSPS) is 56.5. The van der Waals surface area contributed by atoms with E-state index < -0.39 is 5.60 Å². The highest BCUT2D eigenvalue weighted by atomic mass is 31.0. The predicted octanol–water partition coefficient (Wildman–Crippen LogP) is 0.738. The van der Waals surface area contributed by atoms with E-state index in [0.717, 1.165) is 0 Å². The van der Waals surface area contributed by atoms with E-state index in [1.807, 2.05) is 6.92 Å². The van der Waals surface area contributed by atoms with E-state index in [-0.39, 0.29) is 25.2 Å². The minimum absolute atomic E-state index is 0.00727. The molecule has 0 aromatic carbocycles. The van der Waals surface area contributed by atoms with E-state index in [0.29, 0.717) is 6.61 Å². The Morgan fingerprint density at radius 2 is 2.64 bits per heavy atom. The maximum atomic E-state index is 7.40. The molecule has 2 aliphatic heterocycles. The molecule has 2 aliphatic rings. The first-order valence-corrected chi connectivity index (χ1v) is 4.15. The van der Waals surface area contributed by atoms with Gasteiger partial charge in [0.05, 0.1) is 12.7 Å². The van der Waals surface area contributed by atoms with Gasteiger partial charge < -0.3 is 14.0 Å². The fourth-order valence-corrected chi connectivity index (χ4v) is 2.23. The average molecular weight is 177 g/mol. The van der Waals surface area contributed by atoms with Crippen LogP contribution in [0.25, 0.3) is 0 Å². The number of hydrogen-bond acceptors (Lipinski definition) is 3. The molecule has 2 bridgehead atoms. The highest BCUT2D eigenvalue weighted by Crippen LogP contribution is 2.41. The molecule has 5 atom stereocenters. The second-order valence-electron chi connectivity index (χ2n) is 3.22. The van der Waals surface area contributed by atoms with Crippen molar-refractivity contribution in [3.8, 4) is 0 Å². The zero-order valence-electron chi connectivity index (χ0n) is 7.45. The van der Waals surface area contributed by atoms with Crippen molar-refractivity contribution in [3.05, 3.63) is 0 Å². The summed E-state index contributed by atoms with van der Waals surface area (Å²) in [7, 11) is 2.23. The Kier molecular flexibility index (Phi) is 1.48. The quantitative estimate of drug-likeness (QED) is 0.553. The van der Waals surface area contributed by atoms with Gasteiger partial charge in [-0.2, -0.15) is 0 Å². The molecule has 0 spiro atoms. The van der Waals surface area contributed by atoms with Crippen LogP contribution in [0, 0.1) is 0 Å². The van der Waals surface area contributed by atoms with E-state index in [4.69, 9.17) is 15.4 Å². The summed E-state index contributed by atoms with van der Waals surface area (Å²) in [5.74, 6) is 0. The molecule has 2 fully saturated rings. The first-order chi connectivity index (χ1) is 5.73. The fourth-order valence-electron chi connectivity index (χ4n) is 1.83. The first-order valence-electron chi connectivity index (χ1n) is 4.38. The van der Waals surface area contributed by atoms with Gasteiger partial charge in [-0.25, -0.2) is 0 Å². The van der Waals surface area contributed by atoms with Crippen molar-refractivity contribution in [3.63, 3.8) is 0 Å². The lowest BCUT2D eigenvalue weighted by Gasteiger charge is -2.25. The number of ether oxygens (including phenoxy) is 2. The molecule has 2 heterocycles. The molecule has 0 amide bonds. The standard InChI is InChI=1S/C7H13O3P/c1-4-5-6(10-11)7(2,9-4)3-8-5/h4-6H,3,11H2,1-2H3/t4?,5-,6-,7?/m1/s1/i2D. The molecule has 0 radical (unpaired) electrons. The summed E-state index contributed by atoms with van der Waals surface area (Å²) in [6.07, 6.45) is -0.0301. The van der Waals surface area contributed by atoms with Crippen LogP contribution in [-0.4, -0.2) is 30.5 Å². The summed E-state index contributed by atoms with van der Waals surface area (Å²) >= 11 is 0. The molecular weight excluding hydrogens is 163 g/mol. The molecule has 64 valence electrons. The Balaban J connectivity index is 2.23. The van der Waals surface area contributed by atoms with Crippen molar-refractivity contribution in [1.29, 1.82) is 0 Å². The van der Waals surface area contributed by atoms with Crippen LogP contribution in [0.3, 0.4) is 0 Å². The molecule has 0 N–H and O–H groups in total. The van der Waals surface area contributed by atoms with Gasteiger partial charge >= 0.3 is 0 Å². The van der Waals surface area contributed by atoms with Crippen molar-refractivity contribution < 1.29 is 15.4 Å². The Labute approximate surface area is 70.1 Å². The summed E-state index contributed by atoms with van der Waals surface area (Å²) < 4.78 is 23.7. The molecule has 3 nitrogen and oxygen atoms in total. The van der Waals surface area contributed by atoms with Crippen molar-refractivity contribution in [2.75, 3.05) is 6.61 Å². The van der Waals surface area contributed by atoms with Crippen LogP contribution in [0.2, 0.25) is 0 Å². The SMILES string of the molecule is [2H]CC12CO[C@H](C(C)O1)[C@H]2OP. The van der Waals surface area contributed by atoms with Gasteiger partial charge in [0, 0.05) is 10.8 Å². The van der Waals surface area contributed by atoms with Crippen molar-refractivity contribution in [1.82, 2.24) is 0 Å². The van der Waals surface area contributed by atoms with Crippen molar-refractivity contribution in [2.45, 2.75) is 37.7 Å². The molecule has 0 saturated carbocycles. The third-order valence-corrected chi connectivity index (χ3v) is 2.66. The van der Waals surface area contributed by atoms with Gasteiger partial charge in [0.1, 0.15) is 17.8 Å². The Morgan fingerprint density at radius 3 is 3.09 bits per heavy atom. The van der Waals surface area contributed by atoms with Gasteiger partial charge in [0.2, 0.25) is 0 Å². The minimum atomic E-state index is -0.508. The van der Waals surface area contributed by atoms with E-state index in [1.165, 1.54) is 0 Å². The smallest absolute Gasteiger partial charge is 0.121 e. The second kappa shape index (κ2) is 2.40. The Bertz CT molecular complexity index is 191. The molecule has 11 heavy (non-hydrogen) atoms. The van der Waals surface area contributed by atoms with Gasteiger partial charge in [-0.3, -0.25) is 0 Å². The highest BCUT2D eigenvalue weighted by molar-refractivity contribution is 7.09. The van der Waals surface area contributed by atoms with E-state index in [2.05, 4.69) is 9.47 Å². The molecule has 2 rings (SSSR count). The van der Waals surface area contributed by atoms with E-state index in [1.54, 1.807) is 0 Å². The van der Waals surface area contributed by atoms with Crippen LogP contribution in [0.15, 0.2) is 0 Å². The highest BCUT2D eigenvalue weighted by Gasteiger charge is 2.57. The summed E-state index contributed by atoms with van der Waals surface area (Å²) in [6, 6.07) is 0.